The van der Waals surface area contributed by atoms with Crippen LogP contribution in [-0.4, -0.2) is 109 Å². The number of carbonyl (C=O) groups is 7. The van der Waals surface area contributed by atoms with Crippen molar-refractivity contribution in [2.45, 2.75) is 169 Å². The average molecular weight is 874 g/mol. The zero-order chi connectivity index (χ0) is 46.6. The number of hydrogen-bond acceptors (Lipinski definition) is 13. The molecular formula is C46H75N5O11. The van der Waals surface area contributed by atoms with Gasteiger partial charge in [-0.25, -0.2) is 9.59 Å². The number of imide groups is 3. The molecule has 3 atom stereocenters. The van der Waals surface area contributed by atoms with Crippen molar-refractivity contribution < 1.29 is 52.5 Å². The number of esters is 1. The van der Waals surface area contributed by atoms with Gasteiger partial charge in [0.2, 0.25) is 11.8 Å². The maximum atomic E-state index is 14.5. The highest BCUT2D eigenvalue weighted by Crippen LogP contribution is 2.30. The summed E-state index contributed by atoms with van der Waals surface area (Å²) in [5, 5.41) is 5.30. The van der Waals surface area contributed by atoms with Crippen molar-refractivity contribution in [1.82, 2.24) is 20.4 Å². The van der Waals surface area contributed by atoms with E-state index in [1.54, 1.807) is 40.0 Å². The molecule has 1 aliphatic rings. The smallest absolute Gasteiger partial charge is 0.469 e. The number of amides is 5. The largest absolute Gasteiger partial charge is 0.513 e. The van der Waals surface area contributed by atoms with E-state index in [1.165, 1.54) is 7.11 Å². The number of aryl methyl sites for hydroxylation is 2. The highest BCUT2D eigenvalue weighted by atomic mass is 16.7. The van der Waals surface area contributed by atoms with Crippen LogP contribution < -0.4 is 21.1 Å². The van der Waals surface area contributed by atoms with E-state index in [0.717, 1.165) is 48.8 Å². The van der Waals surface area contributed by atoms with Crippen LogP contribution in [0.25, 0.3) is 0 Å². The summed E-state index contributed by atoms with van der Waals surface area (Å²) in [6.45, 7) is 14.3. The zero-order valence-electron chi connectivity index (χ0n) is 39.0. The molecule has 1 aliphatic carbocycles. The van der Waals surface area contributed by atoms with Crippen molar-refractivity contribution in [2.24, 2.45) is 17.6 Å². The Morgan fingerprint density at radius 1 is 0.919 bits per heavy atom. The maximum absolute atomic E-state index is 14.5. The number of rotatable bonds is 23. The third-order valence-electron chi connectivity index (χ3n) is 10.8. The Labute approximate surface area is 369 Å². The van der Waals surface area contributed by atoms with E-state index < -0.39 is 66.1 Å². The van der Waals surface area contributed by atoms with Crippen LogP contribution in [0.2, 0.25) is 0 Å². The second-order valence-corrected chi connectivity index (χ2v) is 18.0. The number of carbonyl (C=O) groups excluding carboxylic acids is 7. The summed E-state index contributed by atoms with van der Waals surface area (Å²) in [6.07, 6.45) is 7.47. The van der Waals surface area contributed by atoms with E-state index in [4.69, 9.17) is 24.7 Å². The number of nitrogens with zero attached hydrogens (tertiary/aromatic N) is 2. The van der Waals surface area contributed by atoms with E-state index in [-0.39, 0.29) is 43.7 Å². The summed E-state index contributed by atoms with van der Waals surface area (Å²) in [7, 11) is 3.14. The lowest BCUT2D eigenvalue weighted by atomic mass is 9.84. The summed E-state index contributed by atoms with van der Waals surface area (Å²) < 4.78 is 20.8. The number of benzene rings is 1. The zero-order valence-corrected chi connectivity index (χ0v) is 39.0. The fourth-order valence-corrected chi connectivity index (χ4v) is 7.37. The van der Waals surface area contributed by atoms with Gasteiger partial charge in [-0.1, -0.05) is 72.1 Å². The topological polar surface area (TPSA) is 213 Å². The first kappa shape index (κ1) is 53.6. The van der Waals surface area contributed by atoms with Gasteiger partial charge in [0.05, 0.1) is 32.3 Å². The fourth-order valence-electron chi connectivity index (χ4n) is 7.37. The molecule has 4 N–H and O–H groups in total. The number of likely N-dealkylation sites (N-methyl/N-ethyl adjacent to an activating group) is 1. The summed E-state index contributed by atoms with van der Waals surface area (Å²) in [4.78, 5) is 95.4. The van der Waals surface area contributed by atoms with Crippen LogP contribution in [0.15, 0.2) is 12.1 Å². The van der Waals surface area contributed by atoms with E-state index in [9.17, 15) is 33.6 Å². The van der Waals surface area contributed by atoms with Gasteiger partial charge in [0.1, 0.15) is 17.4 Å². The molecule has 1 aromatic carbocycles. The first-order valence-corrected chi connectivity index (χ1v) is 22.3. The summed E-state index contributed by atoms with van der Waals surface area (Å²) in [6, 6.07) is 0.378. The lowest BCUT2D eigenvalue weighted by molar-refractivity contribution is -0.147. The Balaban J connectivity index is 2.24. The summed E-state index contributed by atoms with van der Waals surface area (Å²) in [5.41, 5.74) is 7.61. The molecule has 0 aromatic heterocycles. The van der Waals surface area contributed by atoms with Gasteiger partial charge in [-0.3, -0.25) is 28.9 Å². The molecule has 1 fully saturated rings. The second-order valence-electron chi connectivity index (χ2n) is 18.0. The van der Waals surface area contributed by atoms with E-state index in [0.29, 0.717) is 55.7 Å². The van der Waals surface area contributed by atoms with Gasteiger partial charge in [-0.15, -0.1) is 0 Å². The van der Waals surface area contributed by atoms with Crippen LogP contribution >= 0.6 is 0 Å². The lowest BCUT2D eigenvalue weighted by Gasteiger charge is -2.34. The van der Waals surface area contributed by atoms with Crippen molar-refractivity contribution in [3.05, 3.63) is 28.8 Å². The molecule has 350 valence electrons. The maximum Gasteiger partial charge on any atom is 0.513 e. The molecule has 0 spiro atoms. The molecule has 1 unspecified atom stereocenters. The average Bonchev–Trinajstić information content (AvgIpc) is 3.20. The standard InChI is InChI=1S/C46H75N5O11/c1-11-12-21-37(49-41(54)36(47)27-35-31(4)24-34(25-32(35)5)61-45(58)60-29-30(2)3)42(55)48-28-39(52)51(44(57)62-46(6,7)8)43(56)38(26-33-19-15-13-16-20-33)50(9)23-18-14-17-22-40(53)59-10/h24-25,30,33,36-38H,11-23,26-29,47H2,1-10H3,(H,48,55)(H,49,54)/t36?,37-,38+/m1/s1. The van der Waals surface area contributed by atoms with Crippen LogP contribution in [-0.2, 0) is 44.6 Å². The fraction of sp³-hybridized carbons (Fsp3) is 0.717. The number of methoxy groups -OCH3 is 1. The van der Waals surface area contributed by atoms with Gasteiger partial charge < -0.3 is 35.3 Å². The first-order chi connectivity index (χ1) is 29.2. The van der Waals surface area contributed by atoms with Gasteiger partial charge in [0.25, 0.3) is 11.8 Å². The van der Waals surface area contributed by atoms with Crippen LogP contribution in [0.1, 0.15) is 142 Å². The molecule has 16 heteroatoms. The van der Waals surface area contributed by atoms with Crippen molar-refractivity contribution in [3.63, 3.8) is 0 Å². The minimum Gasteiger partial charge on any atom is -0.469 e. The van der Waals surface area contributed by atoms with E-state index >= 15 is 0 Å². The van der Waals surface area contributed by atoms with Crippen LogP contribution in [0.3, 0.4) is 0 Å². The SMILES string of the molecule is CCCC[C@@H](NC(=O)C(N)Cc1c(C)cc(OC(=O)OCC(C)C)cc1C)C(=O)NCC(=O)N(C(=O)OC(C)(C)C)C(=O)[C@H](CC1CCCCC1)N(C)CCCCCC(=O)OC. The molecule has 1 aromatic rings. The van der Waals surface area contributed by atoms with Crippen LogP contribution in [0, 0.1) is 25.7 Å². The lowest BCUT2D eigenvalue weighted by Crippen LogP contribution is -2.57. The van der Waals surface area contributed by atoms with Crippen molar-refractivity contribution in [1.29, 1.82) is 0 Å². The Morgan fingerprint density at radius 3 is 2.15 bits per heavy atom. The van der Waals surface area contributed by atoms with Gasteiger partial charge in [-0.2, -0.15) is 4.90 Å². The third kappa shape index (κ3) is 19.2. The molecular weight excluding hydrogens is 799 g/mol. The molecule has 2 rings (SSSR count). The molecule has 5 amide bonds. The van der Waals surface area contributed by atoms with E-state index in [1.807, 2.05) is 39.5 Å². The molecule has 16 nitrogen and oxygen atoms in total. The normalized spacial score (nSPS) is 14.7. The first-order valence-electron chi connectivity index (χ1n) is 22.3. The Kier molecular flexibility index (Phi) is 23.2. The number of nitrogens with one attached hydrogen (secondary N) is 2. The molecule has 0 aliphatic heterocycles. The van der Waals surface area contributed by atoms with Gasteiger partial charge in [-0.05, 0) is 121 Å². The number of unbranched alkanes of at least 4 members (excludes halogenated alkanes) is 3. The highest BCUT2D eigenvalue weighted by molar-refractivity contribution is 6.11. The third-order valence-corrected chi connectivity index (χ3v) is 10.8. The highest BCUT2D eigenvalue weighted by Gasteiger charge is 2.40. The Hall–Kier alpha value is -4.57. The molecule has 0 heterocycles. The number of nitrogens with two attached hydrogens (primary N) is 1. The van der Waals surface area contributed by atoms with Gasteiger partial charge in [0.15, 0.2) is 0 Å². The minimum atomic E-state index is -1.14. The Bertz CT molecular complexity index is 1630. The van der Waals surface area contributed by atoms with Crippen molar-refractivity contribution >= 4 is 41.8 Å². The molecule has 1 saturated carbocycles. The summed E-state index contributed by atoms with van der Waals surface area (Å²) >= 11 is 0. The minimum absolute atomic E-state index is 0.124. The quantitative estimate of drug-likeness (QED) is 0.0469. The van der Waals surface area contributed by atoms with Crippen molar-refractivity contribution in [3.8, 4) is 5.75 Å². The predicted molar refractivity (Wildman–Crippen MR) is 235 cm³/mol. The predicted octanol–water partition coefficient (Wildman–Crippen LogP) is 6.43. The number of hydrogen-bond donors (Lipinski definition) is 3. The Morgan fingerprint density at radius 2 is 1.56 bits per heavy atom. The van der Waals surface area contributed by atoms with Crippen LogP contribution in [0.5, 0.6) is 5.75 Å². The van der Waals surface area contributed by atoms with Crippen molar-refractivity contribution in [2.75, 3.05) is 33.9 Å². The second kappa shape index (κ2) is 26.8. The molecule has 0 radical (unpaired) electrons. The summed E-state index contributed by atoms with van der Waals surface area (Å²) in [5.74, 6) is -2.60. The number of ether oxygens (including phenoxy) is 4. The molecule has 0 bridgehead atoms. The van der Waals surface area contributed by atoms with E-state index in [2.05, 4.69) is 10.6 Å². The van der Waals surface area contributed by atoms with Gasteiger partial charge in [0, 0.05) is 6.42 Å². The monoisotopic (exact) mass is 874 g/mol. The molecule has 0 saturated heterocycles. The van der Waals surface area contributed by atoms with Gasteiger partial charge >= 0.3 is 18.2 Å². The van der Waals surface area contributed by atoms with Crippen LogP contribution in [0.4, 0.5) is 9.59 Å². The molecule has 62 heavy (non-hydrogen) atoms.